The minimum absolute atomic E-state index is 0.0557. The maximum Gasteiger partial charge on any atom is 0.225 e. The third-order valence-electron chi connectivity index (χ3n) is 3.74. The Morgan fingerprint density at radius 1 is 1.10 bits per heavy atom. The highest BCUT2D eigenvalue weighted by molar-refractivity contribution is 7.68. The quantitative estimate of drug-likeness (QED) is 0.213. The Morgan fingerprint density at radius 3 is 2.48 bits per heavy atom. The molecule has 1 atom stereocenters. The molecule has 11 heteroatoms. The number of hydrogen-bond donors (Lipinski definition) is 5. The van der Waals surface area contributed by atoms with Crippen molar-refractivity contribution < 1.29 is 13.9 Å². The first-order chi connectivity index (χ1) is 14.0. The van der Waals surface area contributed by atoms with Crippen molar-refractivity contribution in [3.05, 3.63) is 54.9 Å². The monoisotopic (exact) mass is 414 g/mol. The van der Waals surface area contributed by atoms with Gasteiger partial charge in [0.25, 0.3) is 0 Å². The predicted octanol–water partition coefficient (Wildman–Crippen LogP) is 3.02. The fourth-order valence-corrected chi connectivity index (χ4v) is 2.65. The first-order valence-corrected chi connectivity index (χ1v) is 9.71. The van der Waals surface area contributed by atoms with Gasteiger partial charge in [0, 0.05) is 35.8 Å². The van der Waals surface area contributed by atoms with Crippen molar-refractivity contribution in [1.29, 1.82) is 0 Å². The molecule has 3 aromatic rings. The highest BCUT2D eigenvalue weighted by Gasteiger charge is 2.09. The standard InChI is InChI=1S/C18H20N7O3S/c1-12(11-26)20-18-21-16(13-6-8-19-9-7-13)10-17(22-18)24-23-14-2-4-15(5-3-14)25-29(27)28/h2-10,12,23,26H,11H2,1H3,(H,25,27,28)(H2,20,21,22,24)/q-1/t12-/m0/s1. The lowest BCUT2D eigenvalue weighted by atomic mass is 10.2. The van der Waals surface area contributed by atoms with Gasteiger partial charge in [-0.15, -0.1) is 0 Å². The number of benzene rings is 1. The molecule has 0 aliphatic heterocycles. The predicted molar refractivity (Wildman–Crippen MR) is 112 cm³/mol. The van der Waals surface area contributed by atoms with E-state index in [9.17, 15) is 9.32 Å². The number of hydrazine groups is 1. The number of anilines is 3. The van der Waals surface area contributed by atoms with Crippen LogP contribution in [-0.2, 0) is 15.1 Å². The van der Waals surface area contributed by atoms with Gasteiger partial charge in [0.2, 0.25) is 5.95 Å². The number of nitrogens with one attached hydrogen (secondary N) is 3. The maximum atomic E-state index is 10.7. The molecule has 0 spiro atoms. The zero-order valence-corrected chi connectivity index (χ0v) is 16.3. The lowest BCUT2D eigenvalue weighted by molar-refractivity contribution is 0.281. The molecule has 0 amide bonds. The van der Waals surface area contributed by atoms with Crippen molar-refractivity contribution in [3.63, 3.8) is 0 Å². The largest absolute Gasteiger partial charge is 0.454 e. The van der Waals surface area contributed by atoms with E-state index < -0.39 is 10.9 Å². The van der Waals surface area contributed by atoms with Crippen LogP contribution in [0.2, 0.25) is 0 Å². The van der Waals surface area contributed by atoms with Crippen molar-refractivity contribution in [2.75, 3.05) is 22.8 Å². The summed E-state index contributed by atoms with van der Waals surface area (Å²) in [5.41, 5.74) is 8.65. The summed E-state index contributed by atoms with van der Waals surface area (Å²) in [5, 5.41) is 12.3. The number of hydrogen-bond acceptors (Lipinski definition) is 10. The van der Waals surface area contributed by atoms with Crippen molar-refractivity contribution in [3.8, 4) is 11.3 Å². The SMILES string of the molecule is C[C@@H](CO)Nc1nc(NNc2ccc(N=[S-](=O)O)cc2)cc(-c2ccncc2)n1. The number of aliphatic hydroxyl groups excluding tert-OH is 1. The van der Waals surface area contributed by atoms with E-state index in [1.807, 2.05) is 19.1 Å². The normalized spacial score (nSPS) is 12.9. The maximum absolute atomic E-state index is 10.7. The summed E-state index contributed by atoms with van der Waals surface area (Å²) < 4.78 is 23.0. The van der Waals surface area contributed by atoms with Crippen LogP contribution in [0.15, 0.2) is 59.2 Å². The van der Waals surface area contributed by atoms with E-state index >= 15 is 0 Å². The molecule has 2 heterocycles. The molecular weight excluding hydrogens is 394 g/mol. The molecule has 0 aliphatic rings. The summed E-state index contributed by atoms with van der Waals surface area (Å²) >= 11 is 0. The summed E-state index contributed by atoms with van der Waals surface area (Å²) in [7, 11) is -2.24. The van der Waals surface area contributed by atoms with Gasteiger partial charge in [-0.3, -0.25) is 15.8 Å². The molecule has 0 radical (unpaired) electrons. The zero-order valence-electron chi connectivity index (χ0n) is 15.5. The number of aromatic nitrogens is 3. The molecular formula is C18H20N7O3S-. The van der Waals surface area contributed by atoms with Crippen LogP contribution in [-0.4, -0.2) is 37.3 Å². The molecule has 152 valence electrons. The Hall–Kier alpha value is -3.28. The Labute approximate surface area is 169 Å². The van der Waals surface area contributed by atoms with E-state index in [1.54, 1.807) is 42.7 Å². The highest BCUT2D eigenvalue weighted by atomic mass is 32.2. The molecule has 0 aliphatic carbocycles. The average molecular weight is 414 g/mol. The topological polar surface area (TPSA) is 145 Å². The van der Waals surface area contributed by atoms with Crippen LogP contribution in [0.25, 0.3) is 11.3 Å². The number of nitrogens with zero attached hydrogens (tertiary/aromatic N) is 4. The van der Waals surface area contributed by atoms with Gasteiger partial charge in [-0.25, -0.2) is 4.98 Å². The van der Waals surface area contributed by atoms with E-state index in [0.29, 0.717) is 28.8 Å². The Kier molecular flexibility index (Phi) is 6.89. The number of aliphatic hydroxyl groups is 1. The summed E-state index contributed by atoms with van der Waals surface area (Å²) in [4.78, 5) is 12.9. The van der Waals surface area contributed by atoms with Gasteiger partial charge in [-0.1, -0.05) is 10.9 Å². The third-order valence-corrected chi connectivity index (χ3v) is 4.10. The lowest BCUT2D eigenvalue weighted by Gasteiger charge is -2.15. The molecule has 1 aromatic carbocycles. The number of rotatable bonds is 8. The van der Waals surface area contributed by atoms with E-state index in [-0.39, 0.29) is 12.6 Å². The second kappa shape index (κ2) is 9.78. The summed E-state index contributed by atoms with van der Waals surface area (Å²) in [6.45, 7) is 1.76. The molecule has 29 heavy (non-hydrogen) atoms. The van der Waals surface area contributed by atoms with Gasteiger partial charge in [-0.2, -0.15) is 4.98 Å². The highest BCUT2D eigenvalue weighted by Crippen LogP contribution is 2.22. The molecule has 2 aromatic heterocycles. The van der Waals surface area contributed by atoms with Crippen LogP contribution in [0, 0.1) is 0 Å². The van der Waals surface area contributed by atoms with Gasteiger partial charge in [0.15, 0.2) is 5.82 Å². The Morgan fingerprint density at radius 2 is 1.83 bits per heavy atom. The van der Waals surface area contributed by atoms with E-state index in [2.05, 4.69) is 35.5 Å². The molecule has 0 unspecified atom stereocenters. The minimum atomic E-state index is -2.24. The Balaban J connectivity index is 1.81. The summed E-state index contributed by atoms with van der Waals surface area (Å²) in [6, 6.07) is 11.9. The van der Waals surface area contributed by atoms with Crippen LogP contribution in [0.5, 0.6) is 0 Å². The smallest absolute Gasteiger partial charge is 0.225 e. The van der Waals surface area contributed by atoms with E-state index in [1.165, 1.54) is 0 Å². The first kappa shape index (κ1) is 20.5. The molecule has 10 nitrogen and oxygen atoms in total. The second-order valence-corrected chi connectivity index (χ2v) is 6.69. The average Bonchev–Trinajstić information content (AvgIpc) is 2.73. The first-order valence-electron chi connectivity index (χ1n) is 8.65. The van der Waals surface area contributed by atoms with Gasteiger partial charge >= 0.3 is 0 Å². The molecule has 0 fully saturated rings. The molecule has 0 bridgehead atoms. The summed E-state index contributed by atoms with van der Waals surface area (Å²) in [5.74, 6) is 0.870. The zero-order chi connectivity index (χ0) is 20.6. The molecule has 0 saturated carbocycles. The van der Waals surface area contributed by atoms with Crippen LogP contribution in [0.3, 0.4) is 0 Å². The van der Waals surface area contributed by atoms with Crippen LogP contribution < -0.4 is 16.2 Å². The van der Waals surface area contributed by atoms with Crippen molar-refractivity contribution in [2.45, 2.75) is 13.0 Å². The minimum Gasteiger partial charge on any atom is -0.454 e. The van der Waals surface area contributed by atoms with Crippen molar-refractivity contribution in [1.82, 2.24) is 15.0 Å². The Bertz CT molecular complexity index is 1030. The number of pyridine rings is 1. The van der Waals surface area contributed by atoms with Gasteiger partial charge < -0.3 is 23.5 Å². The molecule has 5 N–H and O–H groups in total. The van der Waals surface area contributed by atoms with Crippen molar-refractivity contribution >= 4 is 34.0 Å². The van der Waals surface area contributed by atoms with Crippen LogP contribution >= 0.6 is 0 Å². The fraction of sp³-hybridized carbons (Fsp3) is 0.167. The second-order valence-electron chi connectivity index (χ2n) is 6.04. The van der Waals surface area contributed by atoms with Crippen molar-refractivity contribution in [2.24, 2.45) is 4.36 Å². The fourth-order valence-electron chi connectivity index (χ4n) is 2.34. The van der Waals surface area contributed by atoms with Crippen LogP contribution in [0.4, 0.5) is 23.1 Å². The summed E-state index contributed by atoms with van der Waals surface area (Å²) in [6.07, 6.45) is 3.36. The lowest BCUT2D eigenvalue weighted by Crippen LogP contribution is -2.21. The van der Waals surface area contributed by atoms with E-state index in [0.717, 1.165) is 5.56 Å². The van der Waals surface area contributed by atoms with Gasteiger partial charge in [-0.05, 0) is 43.3 Å². The molecule has 3 rings (SSSR count). The van der Waals surface area contributed by atoms with Crippen LogP contribution in [0.1, 0.15) is 6.92 Å². The van der Waals surface area contributed by atoms with Gasteiger partial charge in [0.05, 0.1) is 18.0 Å². The third kappa shape index (κ3) is 6.10. The van der Waals surface area contributed by atoms with E-state index in [4.69, 9.17) is 4.55 Å². The van der Waals surface area contributed by atoms with Gasteiger partial charge in [0.1, 0.15) is 0 Å². The molecule has 0 saturated heterocycles.